The average Bonchev–Trinajstić information content (AvgIpc) is 2.00. The van der Waals surface area contributed by atoms with Gasteiger partial charge in [0.1, 0.15) is 0 Å². The minimum atomic E-state index is -0.120. The number of carbonyl (C=O) groups is 1. The zero-order valence-corrected chi connectivity index (χ0v) is 9.96. The molecule has 0 bridgehead atoms. The monoisotopic (exact) mass is 198 g/mol. The summed E-state index contributed by atoms with van der Waals surface area (Å²) in [6, 6.07) is 0. The lowest BCUT2D eigenvalue weighted by Gasteiger charge is -2.19. The Kier molecular flexibility index (Phi) is 5.51. The third kappa shape index (κ3) is 6.70. The largest absolute Gasteiger partial charge is 0.466 e. The molecule has 0 rings (SSSR count). The van der Waals surface area contributed by atoms with Crippen molar-refractivity contribution >= 4 is 5.97 Å². The molecule has 0 atom stereocenters. The lowest BCUT2D eigenvalue weighted by Crippen LogP contribution is -2.16. The Morgan fingerprint density at radius 2 is 2.00 bits per heavy atom. The summed E-state index contributed by atoms with van der Waals surface area (Å²) >= 11 is 0. The summed E-state index contributed by atoms with van der Waals surface area (Å²) < 4.78 is 4.91. The first-order chi connectivity index (χ1) is 6.37. The van der Waals surface area contributed by atoms with Crippen molar-refractivity contribution in [2.45, 2.75) is 41.0 Å². The molecule has 0 unspecified atom stereocenters. The maximum atomic E-state index is 11.2. The molecule has 0 aliphatic rings. The van der Waals surface area contributed by atoms with Crippen molar-refractivity contribution < 1.29 is 9.53 Å². The van der Waals surface area contributed by atoms with Gasteiger partial charge in [-0.2, -0.15) is 0 Å². The van der Waals surface area contributed by atoms with E-state index >= 15 is 0 Å². The van der Waals surface area contributed by atoms with Gasteiger partial charge < -0.3 is 4.74 Å². The number of ether oxygens (including phenoxy) is 1. The number of allylic oxidation sites excluding steroid dienone is 2. The van der Waals surface area contributed by atoms with Crippen LogP contribution < -0.4 is 0 Å². The predicted molar refractivity (Wildman–Crippen MR) is 59.0 cm³/mol. The molecule has 0 spiro atoms. The van der Waals surface area contributed by atoms with E-state index in [9.17, 15) is 4.79 Å². The van der Waals surface area contributed by atoms with E-state index in [2.05, 4.69) is 26.0 Å². The standard InChI is InChI=1S/C12H22O2/c1-6-14-11(13)9-12(4,5)8-7-10(2)3/h7-8,10H,6,9H2,1-5H3/b8-7+. The fourth-order valence-corrected chi connectivity index (χ4v) is 1.10. The lowest BCUT2D eigenvalue weighted by molar-refractivity contribution is -0.144. The third-order valence-corrected chi connectivity index (χ3v) is 1.84. The minimum absolute atomic E-state index is 0.101. The number of carbonyl (C=O) groups excluding carboxylic acids is 1. The van der Waals surface area contributed by atoms with E-state index in [4.69, 9.17) is 4.74 Å². The van der Waals surface area contributed by atoms with Gasteiger partial charge in [0.2, 0.25) is 0 Å². The number of hydrogen-bond acceptors (Lipinski definition) is 2. The van der Waals surface area contributed by atoms with Crippen molar-refractivity contribution in [1.82, 2.24) is 0 Å². The van der Waals surface area contributed by atoms with Crippen LogP contribution in [0.25, 0.3) is 0 Å². The van der Waals surface area contributed by atoms with Gasteiger partial charge in [-0.3, -0.25) is 4.79 Å². The minimum Gasteiger partial charge on any atom is -0.466 e. The highest BCUT2D eigenvalue weighted by atomic mass is 16.5. The van der Waals surface area contributed by atoms with Gasteiger partial charge in [-0.05, 0) is 18.3 Å². The van der Waals surface area contributed by atoms with Gasteiger partial charge in [-0.1, -0.05) is 39.8 Å². The van der Waals surface area contributed by atoms with Crippen LogP contribution in [0.3, 0.4) is 0 Å². The number of esters is 1. The van der Waals surface area contributed by atoms with Crippen LogP contribution in [0.5, 0.6) is 0 Å². The van der Waals surface area contributed by atoms with Crippen LogP contribution in [0, 0.1) is 11.3 Å². The summed E-state index contributed by atoms with van der Waals surface area (Å²) in [5.74, 6) is 0.405. The zero-order chi connectivity index (χ0) is 11.2. The topological polar surface area (TPSA) is 26.3 Å². The number of hydrogen-bond donors (Lipinski definition) is 0. The molecule has 0 saturated carbocycles. The molecule has 0 aliphatic heterocycles. The number of rotatable bonds is 5. The molecule has 0 N–H and O–H groups in total. The first-order valence-electron chi connectivity index (χ1n) is 5.22. The maximum absolute atomic E-state index is 11.2. The first-order valence-corrected chi connectivity index (χ1v) is 5.22. The summed E-state index contributed by atoms with van der Waals surface area (Å²) in [5.41, 5.74) is -0.101. The Morgan fingerprint density at radius 3 is 2.43 bits per heavy atom. The molecule has 0 aromatic rings. The molecule has 0 aromatic heterocycles. The van der Waals surface area contributed by atoms with Gasteiger partial charge in [0.05, 0.1) is 13.0 Å². The molecule has 2 nitrogen and oxygen atoms in total. The summed E-state index contributed by atoms with van der Waals surface area (Å²) in [7, 11) is 0. The van der Waals surface area contributed by atoms with E-state index in [0.29, 0.717) is 18.9 Å². The van der Waals surface area contributed by atoms with Gasteiger partial charge in [-0.15, -0.1) is 0 Å². The Labute approximate surface area is 87.3 Å². The molecule has 2 heteroatoms. The molecule has 0 fully saturated rings. The highest BCUT2D eigenvalue weighted by Gasteiger charge is 2.19. The second kappa shape index (κ2) is 5.84. The summed E-state index contributed by atoms with van der Waals surface area (Å²) in [5, 5.41) is 0. The van der Waals surface area contributed by atoms with Crippen molar-refractivity contribution in [3.8, 4) is 0 Å². The van der Waals surface area contributed by atoms with E-state index in [0.717, 1.165) is 0 Å². The van der Waals surface area contributed by atoms with Crippen molar-refractivity contribution in [2.75, 3.05) is 6.61 Å². The van der Waals surface area contributed by atoms with E-state index in [1.54, 1.807) is 0 Å². The Bertz CT molecular complexity index is 202. The van der Waals surface area contributed by atoms with Crippen LogP contribution in [0.4, 0.5) is 0 Å². The fourth-order valence-electron chi connectivity index (χ4n) is 1.10. The van der Waals surface area contributed by atoms with Gasteiger partial charge in [0, 0.05) is 0 Å². The van der Waals surface area contributed by atoms with Crippen LogP contribution in [0.2, 0.25) is 0 Å². The van der Waals surface area contributed by atoms with E-state index in [1.165, 1.54) is 0 Å². The molecule has 0 radical (unpaired) electrons. The molecule has 0 aliphatic carbocycles. The van der Waals surface area contributed by atoms with Crippen LogP contribution in [-0.2, 0) is 9.53 Å². The molecule has 0 saturated heterocycles. The van der Waals surface area contributed by atoms with Gasteiger partial charge in [0.15, 0.2) is 0 Å². The van der Waals surface area contributed by atoms with Crippen LogP contribution in [0.15, 0.2) is 12.2 Å². The maximum Gasteiger partial charge on any atom is 0.306 e. The highest BCUT2D eigenvalue weighted by molar-refractivity contribution is 5.70. The summed E-state index contributed by atoms with van der Waals surface area (Å²) in [4.78, 5) is 11.2. The second-order valence-corrected chi connectivity index (χ2v) is 4.57. The van der Waals surface area contributed by atoms with Crippen LogP contribution in [0.1, 0.15) is 41.0 Å². The predicted octanol–water partition coefficient (Wildman–Crippen LogP) is 3.18. The molecule has 0 heterocycles. The van der Waals surface area contributed by atoms with Crippen molar-refractivity contribution in [3.63, 3.8) is 0 Å². The molecule has 0 aromatic carbocycles. The van der Waals surface area contributed by atoms with Crippen LogP contribution in [-0.4, -0.2) is 12.6 Å². The van der Waals surface area contributed by atoms with Crippen molar-refractivity contribution in [1.29, 1.82) is 0 Å². The third-order valence-electron chi connectivity index (χ3n) is 1.84. The first kappa shape index (κ1) is 13.2. The van der Waals surface area contributed by atoms with Crippen LogP contribution >= 0.6 is 0 Å². The van der Waals surface area contributed by atoms with Gasteiger partial charge in [-0.25, -0.2) is 0 Å². The van der Waals surface area contributed by atoms with E-state index < -0.39 is 0 Å². The zero-order valence-electron chi connectivity index (χ0n) is 9.96. The van der Waals surface area contributed by atoms with Gasteiger partial charge >= 0.3 is 5.97 Å². The van der Waals surface area contributed by atoms with E-state index in [-0.39, 0.29) is 11.4 Å². The second-order valence-electron chi connectivity index (χ2n) is 4.57. The fraction of sp³-hybridized carbons (Fsp3) is 0.750. The quantitative estimate of drug-likeness (QED) is 0.501. The Balaban J connectivity index is 4.12. The molecule has 82 valence electrons. The molecular weight excluding hydrogens is 176 g/mol. The Hall–Kier alpha value is -0.790. The smallest absolute Gasteiger partial charge is 0.306 e. The van der Waals surface area contributed by atoms with Crippen molar-refractivity contribution in [3.05, 3.63) is 12.2 Å². The molecule has 14 heavy (non-hydrogen) atoms. The van der Waals surface area contributed by atoms with Gasteiger partial charge in [0.25, 0.3) is 0 Å². The highest BCUT2D eigenvalue weighted by Crippen LogP contribution is 2.23. The molecular formula is C12H22O2. The average molecular weight is 198 g/mol. The SMILES string of the molecule is CCOC(=O)CC(C)(C)/C=C/C(C)C. The summed E-state index contributed by atoms with van der Waals surface area (Å²) in [6.45, 7) is 10.6. The Morgan fingerprint density at radius 1 is 1.43 bits per heavy atom. The van der Waals surface area contributed by atoms with E-state index in [1.807, 2.05) is 20.8 Å². The summed E-state index contributed by atoms with van der Waals surface area (Å²) in [6.07, 6.45) is 4.66. The normalized spacial score (nSPS) is 12.4. The molecule has 0 amide bonds. The van der Waals surface area contributed by atoms with Crippen molar-refractivity contribution in [2.24, 2.45) is 11.3 Å². The lowest BCUT2D eigenvalue weighted by atomic mass is 9.88.